The Morgan fingerprint density at radius 2 is 1.38 bits per heavy atom. The van der Waals surface area contributed by atoms with Crippen molar-refractivity contribution in [3.05, 3.63) is 22.5 Å². The first kappa shape index (κ1) is 13.3. The number of hydrogen-bond donors (Lipinski definition) is 1. The van der Waals surface area contributed by atoms with Crippen molar-refractivity contribution in [1.29, 1.82) is 0 Å². The fraction of sp³-hybridized carbons (Fsp3) is 0.733. The Labute approximate surface area is 102 Å². The van der Waals surface area contributed by atoms with Gasteiger partial charge in [0.25, 0.3) is 0 Å². The van der Waals surface area contributed by atoms with E-state index in [-0.39, 0.29) is 1.43 Å². The molecule has 1 aromatic rings. The first-order chi connectivity index (χ1) is 7.40. The van der Waals surface area contributed by atoms with Crippen LogP contribution in [0, 0.1) is 0 Å². The highest BCUT2D eigenvalue weighted by Gasteiger charge is 2.21. The summed E-state index contributed by atoms with van der Waals surface area (Å²) in [6.07, 6.45) is 1.14. The van der Waals surface area contributed by atoms with E-state index in [2.05, 4.69) is 53.5 Å². The fourth-order valence-corrected chi connectivity index (χ4v) is 2.58. The molecule has 0 aliphatic carbocycles. The number of H-pyrrole nitrogens is 1. The molecule has 1 heterocycles. The van der Waals surface area contributed by atoms with E-state index < -0.39 is 0 Å². The van der Waals surface area contributed by atoms with Crippen molar-refractivity contribution < 1.29 is 1.43 Å². The Kier molecular flexibility index (Phi) is 4.23. The first-order valence-corrected chi connectivity index (χ1v) is 6.64. The molecular formula is C15H29N. The SMILES string of the molecule is CCc1c(C(C)C)[nH]c(C(C)C)c1C(C)C.[HH]. The Balaban J connectivity index is 0.00000256. The summed E-state index contributed by atoms with van der Waals surface area (Å²) >= 11 is 0. The summed E-state index contributed by atoms with van der Waals surface area (Å²) in [5.41, 5.74) is 6.04. The van der Waals surface area contributed by atoms with Crippen LogP contribution in [0.4, 0.5) is 0 Å². The van der Waals surface area contributed by atoms with Crippen LogP contribution in [-0.2, 0) is 6.42 Å². The van der Waals surface area contributed by atoms with E-state index in [1.54, 1.807) is 11.1 Å². The van der Waals surface area contributed by atoms with E-state index in [0.29, 0.717) is 17.8 Å². The molecule has 0 saturated heterocycles. The monoisotopic (exact) mass is 223 g/mol. The minimum atomic E-state index is 0. The number of rotatable bonds is 4. The molecule has 1 aromatic heterocycles. The predicted molar refractivity (Wildman–Crippen MR) is 74.6 cm³/mol. The maximum Gasteiger partial charge on any atom is 0.0213 e. The van der Waals surface area contributed by atoms with Crippen LogP contribution in [-0.4, -0.2) is 4.98 Å². The average molecular weight is 223 g/mol. The van der Waals surface area contributed by atoms with Crippen molar-refractivity contribution in [3.8, 4) is 0 Å². The lowest BCUT2D eigenvalue weighted by molar-refractivity contribution is 0.762. The van der Waals surface area contributed by atoms with Gasteiger partial charge in [-0.15, -0.1) is 0 Å². The van der Waals surface area contributed by atoms with Gasteiger partial charge in [0.15, 0.2) is 0 Å². The summed E-state index contributed by atoms with van der Waals surface area (Å²) in [7, 11) is 0. The summed E-state index contributed by atoms with van der Waals surface area (Å²) in [5, 5.41) is 0. The smallest absolute Gasteiger partial charge is 0.0213 e. The number of hydrogen-bond acceptors (Lipinski definition) is 0. The molecule has 0 aliphatic heterocycles. The Hall–Kier alpha value is -0.720. The van der Waals surface area contributed by atoms with Gasteiger partial charge in [0, 0.05) is 12.8 Å². The van der Waals surface area contributed by atoms with Crippen molar-refractivity contribution >= 4 is 0 Å². The molecule has 1 N–H and O–H groups in total. The predicted octanol–water partition coefficient (Wildman–Crippen LogP) is 5.19. The largest absolute Gasteiger partial charge is 0.361 e. The van der Waals surface area contributed by atoms with Gasteiger partial charge in [0.05, 0.1) is 0 Å². The second kappa shape index (κ2) is 5.07. The molecule has 16 heavy (non-hydrogen) atoms. The van der Waals surface area contributed by atoms with Gasteiger partial charge in [-0.1, -0.05) is 48.5 Å². The van der Waals surface area contributed by atoms with E-state index in [1.165, 1.54) is 11.4 Å². The topological polar surface area (TPSA) is 15.8 Å². The van der Waals surface area contributed by atoms with Gasteiger partial charge in [0.1, 0.15) is 0 Å². The van der Waals surface area contributed by atoms with E-state index in [0.717, 1.165) is 6.42 Å². The Morgan fingerprint density at radius 1 is 0.875 bits per heavy atom. The Bertz CT molecular complexity index is 348. The van der Waals surface area contributed by atoms with Gasteiger partial charge in [0.2, 0.25) is 0 Å². The quantitative estimate of drug-likeness (QED) is 0.722. The lowest BCUT2D eigenvalue weighted by Gasteiger charge is -2.13. The second-order valence-electron chi connectivity index (χ2n) is 5.66. The van der Waals surface area contributed by atoms with Crippen LogP contribution in [0.1, 0.15) is 90.2 Å². The third-order valence-electron chi connectivity index (χ3n) is 3.30. The van der Waals surface area contributed by atoms with Crippen molar-refractivity contribution in [2.75, 3.05) is 0 Å². The molecule has 0 aromatic carbocycles. The molecular weight excluding hydrogens is 194 g/mol. The third kappa shape index (κ3) is 2.34. The van der Waals surface area contributed by atoms with Gasteiger partial charge < -0.3 is 4.98 Å². The highest BCUT2D eigenvalue weighted by atomic mass is 14.8. The van der Waals surface area contributed by atoms with Gasteiger partial charge in [-0.05, 0) is 35.3 Å². The van der Waals surface area contributed by atoms with E-state index in [1.807, 2.05) is 0 Å². The van der Waals surface area contributed by atoms with E-state index >= 15 is 0 Å². The zero-order chi connectivity index (χ0) is 12.5. The fourth-order valence-electron chi connectivity index (χ4n) is 2.58. The van der Waals surface area contributed by atoms with Crippen LogP contribution < -0.4 is 0 Å². The van der Waals surface area contributed by atoms with Crippen molar-refractivity contribution in [2.45, 2.75) is 72.6 Å². The molecule has 0 spiro atoms. The number of aromatic nitrogens is 1. The number of nitrogens with one attached hydrogen (secondary N) is 1. The molecule has 94 valence electrons. The first-order valence-electron chi connectivity index (χ1n) is 6.64. The van der Waals surface area contributed by atoms with Gasteiger partial charge in [-0.3, -0.25) is 0 Å². The summed E-state index contributed by atoms with van der Waals surface area (Å²) in [5.74, 6) is 1.81. The highest BCUT2D eigenvalue weighted by Crippen LogP contribution is 2.34. The summed E-state index contributed by atoms with van der Waals surface area (Å²) in [6, 6.07) is 0. The van der Waals surface area contributed by atoms with E-state index in [9.17, 15) is 0 Å². The zero-order valence-corrected chi connectivity index (χ0v) is 11.9. The van der Waals surface area contributed by atoms with Crippen LogP contribution in [0.3, 0.4) is 0 Å². The molecule has 0 amide bonds. The standard InChI is InChI=1S/C15H27N.H2/c1-8-12-13(9(2)3)15(11(6)7)16-14(12)10(4)5;/h9-11,16H,8H2,1-7H3;1H. The third-order valence-corrected chi connectivity index (χ3v) is 3.30. The van der Waals surface area contributed by atoms with Gasteiger partial charge >= 0.3 is 0 Å². The molecule has 0 radical (unpaired) electrons. The van der Waals surface area contributed by atoms with Crippen molar-refractivity contribution in [2.24, 2.45) is 0 Å². The molecule has 0 atom stereocenters. The van der Waals surface area contributed by atoms with Crippen LogP contribution >= 0.6 is 0 Å². The molecule has 1 heteroatoms. The highest BCUT2D eigenvalue weighted by molar-refractivity contribution is 5.42. The minimum absolute atomic E-state index is 0. The summed E-state index contributed by atoms with van der Waals surface area (Å²) in [6.45, 7) is 16.0. The Morgan fingerprint density at radius 3 is 1.69 bits per heavy atom. The summed E-state index contributed by atoms with van der Waals surface area (Å²) < 4.78 is 0. The van der Waals surface area contributed by atoms with Gasteiger partial charge in [-0.2, -0.15) is 0 Å². The molecule has 0 aliphatic rings. The molecule has 1 nitrogen and oxygen atoms in total. The van der Waals surface area contributed by atoms with E-state index in [4.69, 9.17) is 0 Å². The van der Waals surface area contributed by atoms with Gasteiger partial charge in [-0.25, -0.2) is 0 Å². The molecule has 0 saturated carbocycles. The van der Waals surface area contributed by atoms with Crippen molar-refractivity contribution in [1.82, 2.24) is 4.98 Å². The minimum Gasteiger partial charge on any atom is -0.361 e. The maximum atomic E-state index is 3.68. The lowest BCUT2D eigenvalue weighted by Crippen LogP contribution is -1.99. The maximum absolute atomic E-state index is 3.68. The van der Waals surface area contributed by atoms with Crippen LogP contribution in [0.25, 0.3) is 0 Å². The van der Waals surface area contributed by atoms with Crippen LogP contribution in [0.2, 0.25) is 0 Å². The lowest BCUT2D eigenvalue weighted by atomic mass is 9.91. The van der Waals surface area contributed by atoms with Crippen LogP contribution in [0.5, 0.6) is 0 Å². The molecule has 1 rings (SSSR count). The summed E-state index contributed by atoms with van der Waals surface area (Å²) in [4.78, 5) is 3.68. The number of aromatic amines is 1. The normalized spacial score (nSPS) is 12.1. The molecule has 0 unspecified atom stereocenters. The molecule has 0 fully saturated rings. The van der Waals surface area contributed by atoms with Crippen molar-refractivity contribution in [3.63, 3.8) is 0 Å². The average Bonchev–Trinajstić information content (AvgIpc) is 2.56. The zero-order valence-electron chi connectivity index (χ0n) is 11.9. The second-order valence-corrected chi connectivity index (χ2v) is 5.66. The molecule has 0 bridgehead atoms. The van der Waals surface area contributed by atoms with Crippen LogP contribution in [0.15, 0.2) is 0 Å².